The molecule has 0 aliphatic heterocycles. The van der Waals surface area contributed by atoms with Gasteiger partial charge in [-0.1, -0.05) is 45.6 Å². The Hall–Kier alpha value is -1.11. The molecule has 0 aromatic carbocycles. The van der Waals surface area contributed by atoms with Gasteiger partial charge in [0, 0.05) is 12.8 Å². The van der Waals surface area contributed by atoms with Crippen LogP contribution in [-0.4, -0.2) is 12.8 Å². The first-order chi connectivity index (χ1) is 7.17. The molecular weight excluding hydrogens is 182 g/mol. The van der Waals surface area contributed by atoms with Crippen LogP contribution in [0.1, 0.15) is 41.0 Å². The number of nitrogens with zero attached hydrogens (tertiary/aromatic N) is 1. The maximum Gasteiger partial charge on any atom is 0.0388 e. The van der Waals surface area contributed by atoms with Crippen LogP contribution in [0.2, 0.25) is 0 Å². The molecule has 1 heteroatoms. The van der Waals surface area contributed by atoms with Crippen molar-refractivity contribution in [3.8, 4) is 0 Å². The van der Waals surface area contributed by atoms with Crippen LogP contribution in [0, 0.1) is 0 Å². The minimum atomic E-state index is 1.05. The van der Waals surface area contributed by atoms with E-state index in [1.165, 1.54) is 11.1 Å². The fraction of sp³-hybridized carbons (Fsp3) is 0.500. The normalized spacial score (nSPS) is 13.1. The monoisotopic (exact) mass is 207 g/mol. The highest BCUT2D eigenvalue weighted by atomic mass is 14.7. The molecule has 15 heavy (non-hydrogen) atoms. The van der Waals surface area contributed by atoms with Gasteiger partial charge in [0.2, 0.25) is 0 Å². The number of allylic oxidation sites excluding steroid dienone is 5. The van der Waals surface area contributed by atoms with Gasteiger partial charge < -0.3 is 0 Å². The van der Waals surface area contributed by atoms with E-state index >= 15 is 0 Å². The van der Waals surface area contributed by atoms with Gasteiger partial charge in [-0.05, 0) is 31.4 Å². The number of rotatable bonds is 4. The fourth-order valence-corrected chi connectivity index (χ4v) is 1.00. The Morgan fingerprint density at radius 2 is 1.80 bits per heavy atom. The lowest BCUT2D eigenvalue weighted by Crippen LogP contribution is -1.96. The summed E-state index contributed by atoms with van der Waals surface area (Å²) in [7, 11) is 1.81. The van der Waals surface area contributed by atoms with Crippen molar-refractivity contribution < 1.29 is 0 Å². The van der Waals surface area contributed by atoms with E-state index in [9.17, 15) is 0 Å². The molecule has 0 atom stereocenters. The van der Waals surface area contributed by atoms with Gasteiger partial charge in [0.15, 0.2) is 0 Å². The maximum absolute atomic E-state index is 4.17. The van der Waals surface area contributed by atoms with Crippen molar-refractivity contribution in [3.05, 3.63) is 36.0 Å². The van der Waals surface area contributed by atoms with Crippen LogP contribution in [0.3, 0.4) is 0 Å². The predicted molar refractivity (Wildman–Crippen MR) is 72.7 cm³/mol. The van der Waals surface area contributed by atoms with Crippen LogP contribution in [0.15, 0.2) is 40.9 Å². The smallest absolute Gasteiger partial charge is 0.0388 e. The summed E-state index contributed by atoms with van der Waals surface area (Å²) < 4.78 is 0. The zero-order chi connectivity index (χ0) is 12.3. The summed E-state index contributed by atoms with van der Waals surface area (Å²) >= 11 is 0. The van der Waals surface area contributed by atoms with Crippen LogP contribution in [-0.2, 0) is 0 Å². The molecule has 0 bridgehead atoms. The minimum Gasteiger partial charge on any atom is -0.293 e. The maximum atomic E-state index is 4.17. The molecule has 86 valence electrons. The summed E-state index contributed by atoms with van der Waals surface area (Å²) in [6.07, 6.45) is 7.16. The Bertz CT molecular complexity index is 255. The highest BCUT2D eigenvalue weighted by Gasteiger charge is 1.98. The van der Waals surface area contributed by atoms with Crippen molar-refractivity contribution in [1.82, 2.24) is 0 Å². The molecule has 0 radical (unpaired) electrons. The zero-order valence-corrected chi connectivity index (χ0v) is 11.1. The summed E-state index contributed by atoms with van der Waals surface area (Å²) in [4.78, 5) is 4.17. The van der Waals surface area contributed by atoms with E-state index in [0.29, 0.717) is 0 Å². The molecule has 0 fully saturated rings. The van der Waals surface area contributed by atoms with Crippen LogP contribution in [0.25, 0.3) is 0 Å². The molecule has 0 saturated heterocycles. The Morgan fingerprint density at radius 3 is 2.13 bits per heavy atom. The highest BCUT2D eigenvalue weighted by Crippen LogP contribution is 2.09. The van der Waals surface area contributed by atoms with Crippen molar-refractivity contribution in [2.24, 2.45) is 4.99 Å². The molecule has 0 aromatic rings. The van der Waals surface area contributed by atoms with E-state index in [-0.39, 0.29) is 0 Å². The summed E-state index contributed by atoms with van der Waals surface area (Å²) in [6, 6.07) is 0. The molecule has 0 aliphatic rings. The molecule has 0 saturated carbocycles. The number of hydrogen-bond donors (Lipinski definition) is 0. The second-order valence-electron chi connectivity index (χ2n) is 2.92. The fourth-order valence-electron chi connectivity index (χ4n) is 1.00. The first kappa shape index (κ1) is 16.3. The van der Waals surface area contributed by atoms with Crippen LogP contribution in [0.5, 0.6) is 0 Å². The highest BCUT2D eigenvalue weighted by molar-refractivity contribution is 6.01. The number of aliphatic imine (C=N–C) groups is 1. The zero-order valence-electron chi connectivity index (χ0n) is 11.1. The van der Waals surface area contributed by atoms with Crippen LogP contribution < -0.4 is 0 Å². The lowest BCUT2D eigenvalue weighted by atomic mass is 10.0. The summed E-state index contributed by atoms with van der Waals surface area (Å²) in [5.41, 5.74) is 3.41. The quantitative estimate of drug-likeness (QED) is 0.473. The van der Waals surface area contributed by atoms with E-state index in [1.807, 2.05) is 33.9 Å². The first-order valence-electron chi connectivity index (χ1n) is 5.61. The SMILES string of the molecule is C=C/C(C)=C(/C=C\CC)C(C)=NC.CC. The van der Waals surface area contributed by atoms with Gasteiger partial charge in [-0.15, -0.1) is 0 Å². The van der Waals surface area contributed by atoms with Crippen molar-refractivity contribution in [3.63, 3.8) is 0 Å². The van der Waals surface area contributed by atoms with E-state index in [4.69, 9.17) is 0 Å². The van der Waals surface area contributed by atoms with E-state index in [1.54, 1.807) is 0 Å². The molecular formula is C14H25N. The average molecular weight is 207 g/mol. The molecule has 0 rings (SSSR count). The van der Waals surface area contributed by atoms with Gasteiger partial charge in [0.05, 0.1) is 0 Å². The largest absolute Gasteiger partial charge is 0.293 e. The van der Waals surface area contributed by atoms with Crippen molar-refractivity contribution in [1.29, 1.82) is 0 Å². The van der Waals surface area contributed by atoms with Gasteiger partial charge in [0.25, 0.3) is 0 Å². The lowest BCUT2D eigenvalue weighted by molar-refractivity contribution is 1.22. The molecule has 0 heterocycles. The van der Waals surface area contributed by atoms with Crippen LogP contribution in [0.4, 0.5) is 0 Å². The van der Waals surface area contributed by atoms with Gasteiger partial charge in [-0.25, -0.2) is 0 Å². The standard InChI is InChI=1S/C12H19N.C2H6/c1-6-8-9-12(10(3)7-2)11(4)13-5;1-2/h7-9H,2,6H2,1,3-5H3;1-2H3/b9-8-,12-10-,13-11?;. The van der Waals surface area contributed by atoms with Crippen molar-refractivity contribution >= 4 is 5.71 Å². The lowest BCUT2D eigenvalue weighted by Gasteiger charge is -2.03. The molecule has 0 aromatic heterocycles. The van der Waals surface area contributed by atoms with Gasteiger partial charge in [-0.3, -0.25) is 4.99 Å². The number of hydrogen-bond acceptors (Lipinski definition) is 1. The second kappa shape index (κ2) is 11.0. The summed E-state index contributed by atoms with van der Waals surface area (Å²) in [5, 5.41) is 0. The van der Waals surface area contributed by atoms with Gasteiger partial charge in [0.1, 0.15) is 0 Å². The summed E-state index contributed by atoms with van der Waals surface area (Å²) in [6.45, 7) is 13.9. The molecule has 0 unspecified atom stereocenters. The third kappa shape index (κ3) is 6.89. The second-order valence-corrected chi connectivity index (χ2v) is 2.92. The minimum absolute atomic E-state index is 1.05. The van der Waals surface area contributed by atoms with Crippen LogP contribution >= 0.6 is 0 Å². The Labute approximate surface area is 95.3 Å². The molecule has 0 spiro atoms. The topological polar surface area (TPSA) is 12.4 Å². The van der Waals surface area contributed by atoms with E-state index < -0.39 is 0 Å². The third-order valence-corrected chi connectivity index (χ3v) is 1.98. The Balaban J connectivity index is 0. The third-order valence-electron chi connectivity index (χ3n) is 1.98. The van der Waals surface area contributed by atoms with Crippen molar-refractivity contribution in [2.45, 2.75) is 41.0 Å². The van der Waals surface area contributed by atoms with Gasteiger partial charge in [-0.2, -0.15) is 0 Å². The molecule has 1 nitrogen and oxygen atoms in total. The molecule has 0 N–H and O–H groups in total. The Kier molecular flexibility index (Phi) is 11.9. The molecule has 0 aliphatic carbocycles. The Morgan fingerprint density at radius 1 is 1.27 bits per heavy atom. The van der Waals surface area contributed by atoms with Gasteiger partial charge >= 0.3 is 0 Å². The van der Waals surface area contributed by atoms with E-state index in [0.717, 1.165) is 12.1 Å². The first-order valence-corrected chi connectivity index (χ1v) is 5.61. The molecule has 0 amide bonds. The van der Waals surface area contributed by atoms with E-state index in [2.05, 4.69) is 37.6 Å². The van der Waals surface area contributed by atoms with Crippen molar-refractivity contribution in [2.75, 3.05) is 7.05 Å². The average Bonchev–Trinajstić information content (AvgIpc) is 2.31. The predicted octanol–water partition coefficient (Wildman–Crippen LogP) is 4.57. The summed E-state index contributed by atoms with van der Waals surface area (Å²) in [5.74, 6) is 0.